The van der Waals surface area contributed by atoms with Crippen LogP contribution in [0.2, 0.25) is 0 Å². The molecule has 2 aromatic rings. The molecule has 5 nitrogen and oxygen atoms in total. The summed E-state index contributed by atoms with van der Waals surface area (Å²) >= 11 is 3.12. The molecule has 0 aliphatic rings. The van der Waals surface area contributed by atoms with Crippen LogP contribution >= 0.6 is 22.7 Å². The summed E-state index contributed by atoms with van der Waals surface area (Å²) in [6.45, 7) is 3.55. The number of anilines is 1. The fraction of sp³-hybridized carbons (Fsp3) is 0.500. The van der Waals surface area contributed by atoms with E-state index in [1.807, 2.05) is 5.51 Å². The fourth-order valence-corrected chi connectivity index (χ4v) is 2.98. The first-order valence-electron chi connectivity index (χ1n) is 5.34. The SMILES string of the molecule is CCCNc1nnc(-c2scnc2COC)s1. The largest absolute Gasteiger partial charge is 0.378 e. The van der Waals surface area contributed by atoms with Gasteiger partial charge in [0, 0.05) is 13.7 Å². The van der Waals surface area contributed by atoms with Gasteiger partial charge in [0.2, 0.25) is 5.13 Å². The van der Waals surface area contributed by atoms with E-state index in [4.69, 9.17) is 4.74 Å². The zero-order valence-electron chi connectivity index (χ0n) is 9.77. The molecule has 0 aromatic carbocycles. The van der Waals surface area contributed by atoms with Crippen LogP contribution in [0.3, 0.4) is 0 Å². The minimum atomic E-state index is 0.510. The molecule has 2 aromatic heterocycles. The smallest absolute Gasteiger partial charge is 0.206 e. The third-order valence-electron chi connectivity index (χ3n) is 2.07. The zero-order chi connectivity index (χ0) is 12.1. The molecule has 0 bridgehead atoms. The van der Waals surface area contributed by atoms with E-state index in [-0.39, 0.29) is 0 Å². The van der Waals surface area contributed by atoms with Gasteiger partial charge in [0.05, 0.1) is 22.7 Å². The maximum atomic E-state index is 5.11. The molecular formula is C10H14N4OS2. The molecule has 0 atom stereocenters. The van der Waals surface area contributed by atoms with Crippen LogP contribution < -0.4 is 5.32 Å². The molecule has 0 fully saturated rings. The molecule has 1 N–H and O–H groups in total. The molecule has 0 aliphatic heterocycles. The monoisotopic (exact) mass is 270 g/mol. The number of hydrogen-bond donors (Lipinski definition) is 1. The predicted octanol–water partition coefficient (Wildman–Crippen LogP) is 2.63. The average Bonchev–Trinajstić information content (AvgIpc) is 2.95. The lowest BCUT2D eigenvalue weighted by molar-refractivity contribution is 0.182. The van der Waals surface area contributed by atoms with Crippen LogP contribution in [0.5, 0.6) is 0 Å². The van der Waals surface area contributed by atoms with Gasteiger partial charge in [-0.15, -0.1) is 21.5 Å². The van der Waals surface area contributed by atoms with Gasteiger partial charge in [0.15, 0.2) is 5.01 Å². The Morgan fingerprint density at radius 2 is 2.29 bits per heavy atom. The molecule has 92 valence electrons. The Kier molecular flexibility index (Phi) is 4.41. The van der Waals surface area contributed by atoms with Gasteiger partial charge in [-0.1, -0.05) is 18.3 Å². The first kappa shape index (κ1) is 12.4. The number of aromatic nitrogens is 3. The Balaban J connectivity index is 2.15. The molecule has 2 rings (SSSR count). The molecule has 0 radical (unpaired) electrons. The molecule has 0 saturated heterocycles. The molecule has 0 spiro atoms. The van der Waals surface area contributed by atoms with Gasteiger partial charge in [-0.2, -0.15) is 0 Å². The number of nitrogens with zero attached hydrogens (tertiary/aromatic N) is 3. The van der Waals surface area contributed by atoms with Crippen molar-refractivity contribution in [3.8, 4) is 9.88 Å². The number of nitrogens with one attached hydrogen (secondary N) is 1. The summed E-state index contributed by atoms with van der Waals surface area (Å²) < 4.78 is 5.11. The summed E-state index contributed by atoms with van der Waals surface area (Å²) in [6, 6.07) is 0. The Bertz CT molecular complexity index is 468. The molecule has 0 saturated carbocycles. The van der Waals surface area contributed by atoms with Crippen LogP contribution in [0, 0.1) is 0 Å². The quantitative estimate of drug-likeness (QED) is 0.874. The van der Waals surface area contributed by atoms with E-state index in [0.717, 1.165) is 33.7 Å². The van der Waals surface area contributed by atoms with E-state index >= 15 is 0 Å². The Morgan fingerprint density at radius 1 is 1.41 bits per heavy atom. The van der Waals surface area contributed by atoms with Crippen molar-refractivity contribution < 1.29 is 4.74 Å². The maximum Gasteiger partial charge on any atom is 0.206 e. The van der Waals surface area contributed by atoms with Crippen molar-refractivity contribution in [2.75, 3.05) is 19.0 Å². The van der Waals surface area contributed by atoms with Crippen LogP contribution in [0.15, 0.2) is 5.51 Å². The lowest BCUT2D eigenvalue weighted by Crippen LogP contribution is -1.98. The second-order valence-electron chi connectivity index (χ2n) is 3.40. The third-order valence-corrected chi connectivity index (χ3v) is 3.97. The standard InChI is InChI=1S/C10H14N4OS2/c1-3-4-11-10-14-13-9(17-10)8-7(5-15-2)12-6-16-8/h6H,3-5H2,1-2H3,(H,11,14). The first-order chi connectivity index (χ1) is 8.35. The van der Waals surface area contributed by atoms with E-state index in [1.165, 1.54) is 0 Å². The lowest BCUT2D eigenvalue weighted by atomic mass is 10.4. The molecule has 0 amide bonds. The molecule has 17 heavy (non-hydrogen) atoms. The van der Waals surface area contributed by atoms with Crippen LogP contribution in [-0.2, 0) is 11.3 Å². The first-order valence-corrected chi connectivity index (χ1v) is 7.03. The summed E-state index contributed by atoms with van der Waals surface area (Å²) in [5, 5.41) is 13.3. The second kappa shape index (κ2) is 6.04. The Morgan fingerprint density at radius 3 is 3.06 bits per heavy atom. The van der Waals surface area contributed by atoms with Crippen molar-refractivity contribution in [2.24, 2.45) is 0 Å². The van der Waals surface area contributed by atoms with Gasteiger partial charge in [-0.25, -0.2) is 4.98 Å². The van der Waals surface area contributed by atoms with Crippen molar-refractivity contribution in [1.82, 2.24) is 15.2 Å². The number of methoxy groups -OCH3 is 1. The number of hydrogen-bond acceptors (Lipinski definition) is 7. The predicted molar refractivity (Wildman–Crippen MR) is 70.5 cm³/mol. The van der Waals surface area contributed by atoms with Crippen molar-refractivity contribution in [3.05, 3.63) is 11.2 Å². The molecule has 2 heterocycles. The third kappa shape index (κ3) is 2.99. The van der Waals surface area contributed by atoms with Crippen molar-refractivity contribution in [3.63, 3.8) is 0 Å². The van der Waals surface area contributed by atoms with Crippen molar-refractivity contribution >= 4 is 27.8 Å². The second-order valence-corrected chi connectivity index (χ2v) is 5.23. The fourth-order valence-electron chi connectivity index (χ4n) is 1.30. The molecular weight excluding hydrogens is 256 g/mol. The average molecular weight is 270 g/mol. The highest BCUT2D eigenvalue weighted by molar-refractivity contribution is 7.22. The Hall–Kier alpha value is -1.05. The summed E-state index contributed by atoms with van der Waals surface area (Å²) in [7, 11) is 1.66. The summed E-state index contributed by atoms with van der Waals surface area (Å²) in [5.74, 6) is 0. The minimum absolute atomic E-state index is 0.510. The number of ether oxygens (including phenoxy) is 1. The normalized spacial score (nSPS) is 10.7. The lowest BCUT2D eigenvalue weighted by Gasteiger charge is -1.97. The molecule has 0 unspecified atom stereocenters. The highest BCUT2D eigenvalue weighted by Gasteiger charge is 2.13. The van der Waals surface area contributed by atoms with Gasteiger partial charge in [-0.05, 0) is 6.42 Å². The van der Waals surface area contributed by atoms with E-state index in [9.17, 15) is 0 Å². The Labute approximate surface area is 108 Å². The highest BCUT2D eigenvalue weighted by atomic mass is 32.1. The van der Waals surface area contributed by atoms with Gasteiger partial charge >= 0.3 is 0 Å². The van der Waals surface area contributed by atoms with Crippen LogP contribution in [0.1, 0.15) is 19.0 Å². The maximum absolute atomic E-state index is 5.11. The zero-order valence-corrected chi connectivity index (χ0v) is 11.4. The van der Waals surface area contributed by atoms with E-state index < -0.39 is 0 Å². The van der Waals surface area contributed by atoms with Crippen molar-refractivity contribution in [2.45, 2.75) is 20.0 Å². The van der Waals surface area contributed by atoms with Crippen LogP contribution in [0.25, 0.3) is 9.88 Å². The van der Waals surface area contributed by atoms with E-state index in [1.54, 1.807) is 29.8 Å². The molecule has 7 heteroatoms. The van der Waals surface area contributed by atoms with Gasteiger partial charge in [-0.3, -0.25) is 0 Å². The number of rotatable bonds is 6. The van der Waals surface area contributed by atoms with Gasteiger partial charge < -0.3 is 10.1 Å². The summed E-state index contributed by atoms with van der Waals surface area (Å²) in [6.07, 6.45) is 1.07. The summed E-state index contributed by atoms with van der Waals surface area (Å²) in [4.78, 5) is 5.32. The highest BCUT2D eigenvalue weighted by Crippen LogP contribution is 2.32. The van der Waals surface area contributed by atoms with Crippen LogP contribution in [-0.4, -0.2) is 28.8 Å². The minimum Gasteiger partial charge on any atom is -0.378 e. The van der Waals surface area contributed by atoms with Crippen LogP contribution in [0.4, 0.5) is 5.13 Å². The van der Waals surface area contributed by atoms with Gasteiger partial charge in [0.1, 0.15) is 0 Å². The number of thiazole rings is 1. The summed E-state index contributed by atoms with van der Waals surface area (Å²) in [5.41, 5.74) is 2.74. The topological polar surface area (TPSA) is 59.9 Å². The van der Waals surface area contributed by atoms with E-state index in [0.29, 0.717) is 6.61 Å². The van der Waals surface area contributed by atoms with Crippen molar-refractivity contribution in [1.29, 1.82) is 0 Å². The van der Waals surface area contributed by atoms with Gasteiger partial charge in [0.25, 0.3) is 0 Å². The van der Waals surface area contributed by atoms with E-state index in [2.05, 4.69) is 27.4 Å². The molecule has 0 aliphatic carbocycles.